The van der Waals surface area contributed by atoms with Gasteiger partial charge in [-0.2, -0.15) is 10.1 Å². The molecule has 2 aromatic carbocycles. The first-order valence-corrected chi connectivity index (χ1v) is 9.39. The van der Waals surface area contributed by atoms with E-state index in [-0.39, 0.29) is 11.5 Å². The van der Waals surface area contributed by atoms with Gasteiger partial charge in [-0.1, -0.05) is 29.8 Å². The van der Waals surface area contributed by atoms with Crippen molar-refractivity contribution in [3.05, 3.63) is 75.7 Å². The number of nitrogens with one attached hydrogen (secondary N) is 3. The molecule has 9 nitrogen and oxygen atoms in total. The summed E-state index contributed by atoms with van der Waals surface area (Å²) in [5.41, 5.74) is 7.87. The Labute approximate surface area is 170 Å². The summed E-state index contributed by atoms with van der Waals surface area (Å²) in [5.74, 6) is 0.235. The third-order valence-corrected chi connectivity index (χ3v) is 4.86. The zero-order valence-electron chi connectivity index (χ0n) is 16.3. The fourth-order valence-corrected chi connectivity index (χ4v) is 3.36. The summed E-state index contributed by atoms with van der Waals surface area (Å²) in [7, 11) is 0. The van der Waals surface area contributed by atoms with Crippen molar-refractivity contribution in [1.29, 1.82) is 0 Å². The van der Waals surface area contributed by atoms with Gasteiger partial charge in [0.15, 0.2) is 5.65 Å². The van der Waals surface area contributed by atoms with E-state index in [1.165, 1.54) is 10.9 Å². The van der Waals surface area contributed by atoms with Gasteiger partial charge >= 0.3 is 0 Å². The number of rotatable bonds is 4. The summed E-state index contributed by atoms with van der Waals surface area (Å²) in [6.07, 6.45) is 1.45. The first kappa shape index (κ1) is 17.8. The summed E-state index contributed by atoms with van der Waals surface area (Å²) in [5, 5.41) is 16.5. The van der Waals surface area contributed by atoms with Crippen LogP contribution in [-0.2, 0) is 0 Å². The number of para-hydroxylation sites is 1. The van der Waals surface area contributed by atoms with Crippen LogP contribution in [0.5, 0.6) is 0 Å². The molecular weight excluding hydrogens is 380 g/mol. The van der Waals surface area contributed by atoms with Crippen molar-refractivity contribution >= 4 is 34.2 Å². The first-order chi connectivity index (χ1) is 14.6. The largest absolute Gasteiger partial charge is 0.338 e. The second kappa shape index (κ2) is 6.96. The molecule has 0 spiro atoms. The molecule has 0 fully saturated rings. The lowest BCUT2D eigenvalue weighted by Crippen LogP contribution is -2.17. The highest BCUT2D eigenvalue weighted by Gasteiger charge is 2.11. The van der Waals surface area contributed by atoms with Crippen LogP contribution in [0.25, 0.3) is 27.8 Å². The van der Waals surface area contributed by atoms with Crippen LogP contribution in [0.2, 0.25) is 0 Å². The van der Waals surface area contributed by atoms with Gasteiger partial charge in [0.25, 0.3) is 11.5 Å². The maximum Gasteiger partial charge on any atom is 0.280 e. The van der Waals surface area contributed by atoms with Crippen molar-refractivity contribution in [3.63, 3.8) is 0 Å². The molecule has 0 aliphatic rings. The van der Waals surface area contributed by atoms with Crippen LogP contribution in [-0.4, -0.2) is 36.2 Å². The van der Waals surface area contributed by atoms with Crippen LogP contribution in [0.15, 0.2) is 58.4 Å². The predicted octanol–water partition coefficient (Wildman–Crippen LogP) is 3.05. The zero-order valence-corrected chi connectivity index (χ0v) is 16.3. The molecule has 0 aliphatic carbocycles. The van der Waals surface area contributed by atoms with Gasteiger partial charge in [-0.05, 0) is 38.1 Å². The van der Waals surface area contributed by atoms with E-state index in [0.29, 0.717) is 22.4 Å². The first-order valence-electron chi connectivity index (χ1n) is 9.39. The molecule has 0 bridgehead atoms. The molecule has 0 amide bonds. The number of aromatic amines is 2. The topological polar surface area (TPSA) is 117 Å². The summed E-state index contributed by atoms with van der Waals surface area (Å²) in [6.45, 7) is 3.84. The maximum absolute atomic E-state index is 12.7. The molecule has 0 radical (unpaired) electrons. The minimum atomic E-state index is -0.190. The second-order valence-electron chi connectivity index (χ2n) is 7.00. The molecule has 5 rings (SSSR count). The number of nitrogens with zero attached hydrogens (tertiary/aromatic N) is 5. The van der Waals surface area contributed by atoms with E-state index < -0.39 is 0 Å². The quantitative estimate of drug-likeness (QED) is 0.318. The fraction of sp³-hybridized carbons (Fsp3) is 0.0952. The van der Waals surface area contributed by atoms with Crippen LogP contribution in [0.4, 0.5) is 5.95 Å². The summed E-state index contributed by atoms with van der Waals surface area (Å²) in [6, 6.07) is 15.4. The molecule has 30 heavy (non-hydrogen) atoms. The molecule has 9 heteroatoms. The average Bonchev–Trinajstić information content (AvgIpc) is 3.25. The van der Waals surface area contributed by atoms with Gasteiger partial charge in [-0.15, -0.1) is 10.2 Å². The van der Waals surface area contributed by atoms with Gasteiger partial charge < -0.3 is 4.98 Å². The Morgan fingerprint density at radius 1 is 1.10 bits per heavy atom. The van der Waals surface area contributed by atoms with Crippen molar-refractivity contribution in [2.75, 3.05) is 5.43 Å². The van der Waals surface area contributed by atoms with E-state index in [0.717, 1.165) is 22.2 Å². The summed E-state index contributed by atoms with van der Waals surface area (Å²) >= 11 is 0. The molecule has 3 heterocycles. The predicted molar refractivity (Wildman–Crippen MR) is 116 cm³/mol. The number of hydrogen-bond donors (Lipinski definition) is 3. The Kier molecular flexibility index (Phi) is 4.13. The molecule has 5 aromatic rings. The smallest absolute Gasteiger partial charge is 0.280 e. The average molecular weight is 398 g/mol. The van der Waals surface area contributed by atoms with Crippen molar-refractivity contribution in [2.45, 2.75) is 13.8 Å². The zero-order chi connectivity index (χ0) is 20.7. The van der Waals surface area contributed by atoms with Gasteiger partial charge in [-0.3, -0.25) is 9.89 Å². The van der Waals surface area contributed by atoms with Crippen molar-refractivity contribution in [2.24, 2.45) is 5.10 Å². The highest BCUT2D eigenvalue weighted by Crippen LogP contribution is 2.23. The van der Waals surface area contributed by atoms with Crippen molar-refractivity contribution < 1.29 is 0 Å². The molecule has 0 saturated carbocycles. The third-order valence-electron chi connectivity index (χ3n) is 4.86. The molecule has 0 aliphatic heterocycles. The maximum atomic E-state index is 12.7. The van der Waals surface area contributed by atoms with Crippen LogP contribution in [0.1, 0.15) is 16.8 Å². The van der Waals surface area contributed by atoms with Crippen molar-refractivity contribution in [3.8, 4) is 5.69 Å². The second-order valence-corrected chi connectivity index (χ2v) is 7.00. The van der Waals surface area contributed by atoms with E-state index in [9.17, 15) is 4.79 Å². The fourth-order valence-electron chi connectivity index (χ4n) is 3.36. The van der Waals surface area contributed by atoms with E-state index in [2.05, 4.69) is 35.8 Å². The normalized spacial score (nSPS) is 11.7. The SMILES string of the molecule is Cc1ccc2[nH]c3nc(N/N=C/c4c(C)[nH]n(-c5ccccc5)c4=O)nnc3c2c1. The molecule has 3 aromatic heterocycles. The van der Waals surface area contributed by atoms with Gasteiger partial charge in [0.1, 0.15) is 5.52 Å². The van der Waals surface area contributed by atoms with E-state index in [4.69, 9.17) is 0 Å². The number of anilines is 1. The van der Waals surface area contributed by atoms with E-state index in [1.54, 1.807) is 0 Å². The van der Waals surface area contributed by atoms with Crippen LogP contribution in [0.3, 0.4) is 0 Å². The minimum Gasteiger partial charge on any atom is -0.338 e. The molecule has 0 unspecified atom stereocenters. The Hall–Kier alpha value is -4.27. The highest BCUT2D eigenvalue weighted by atomic mass is 16.1. The van der Waals surface area contributed by atoms with Crippen LogP contribution >= 0.6 is 0 Å². The van der Waals surface area contributed by atoms with Gasteiger partial charge in [-0.25, -0.2) is 10.1 Å². The number of benzene rings is 2. The minimum absolute atomic E-state index is 0.190. The molecule has 148 valence electrons. The number of aryl methyl sites for hydroxylation is 2. The number of aromatic nitrogens is 6. The van der Waals surface area contributed by atoms with Gasteiger partial charge in [0.2, 0.25) is 0 Å². The molecule has 0 atom stereocenters. The standard InChI is InChI=1S/C21H18N8O/c1-12-8-9-17-15(10-12)18-19(23-17)24-21(27-25-18)26-22-11-16-13(2)28-29(20(16)30)14-6-4-3-5-7-14/h3-11,28H,1-2H3,(H2,23,24,26,27)/b22-11+. The lowest BCUT2D eigenvalue weighted by molar-refractivity contribution is 0.835. The highest BCUT2D eigenvalue weighted by molar-refractivity contribution is 6.03. The summed E-state index contributed by atoms with van der Waals surface area (Å²) in [4.78, 5) is 20.4. The summed E-state index contributed by atoms with van der Waals surface area (Å²) < 4.78 is 1.48. The lowest BCUT2D eigenvalue weighted by atomic mass is 10.2. The molecular formula is C21H18N8O. The van der Waals surface area contributed by atoms with Gasteiger partial charge in [0.05, 0.1) is 17.5 Å². The monoisotopic (exact) mass is 398 g/mol. The van der Waals surface area contributed by atoms with E-state index in [1.807, 2.05) is 62.4 Å². The number of fused-ring (bicyclic) bond motifs is 3. The van der Waals surface area contributed by atoms with Crippen LogP contribution < -0.4 is 11.0 Å². The Morgan fingerprint density at radius 2 is 1.93 bits per heavy atom. The van der Waals surface area contributed by atoms with Crippen molar-refractivity contribution in [1.82, 2.24) is 29.9 Å². The lowest BCUT2D eigenvalue weighted by Gasteiger charge is -1.99. The van der Waals surface area contributed by atoms with Crippen LogP contribution in [0, 0.1) is 13.8 Å². The number of hydrogen-bond acceptors (Lipinski definition) is 6. The Bertz CT molecular complexity index is 1460. The number of hydrazone groups is 1. The number of H-pyrrole nitrogens is 2. The molecule has 0 saturated heterocycles. The van der Waals surface area contributed by atoms with Gasteiger partial charge in [0, 0.05) is 16.6 Å². The third kappa shape index (κ3) is 3.02. The molecule has 3 N–H and O–H groups in total. The van der Waals surface area contributed by atoms with E-state index >= 15 is 0 Å². The Balaban J connectivity index is 1.42. The Morgan fingerprint density at radius 3 is 2.77 bits per heavy atom.